The minimum atomic E-state index is -0.719. The minimum Gasteiger partial charge on any atom is -0.497 e. The third kappa shape index (κ3) is 5.27. The highest BCUT2D eigenvalue weighted by atomic mass is 79.9. The summed E-state index contributed by atoms with van der Waals surface area (Å²) in [4.78, 5) is 23.4. The maximum atomic E-state index is 11.9. The Labute approximate surface area is 148 Å². The Kier molecular flexibility index (Phi) is 6.62. The Morgan fingerprint density at radius 3 is 2.42 bits per heavy atom. The van der Waals surface area contributed by atoms with Crippen LogP contribution in [0.4, 0.5) is 4.79 Å². The Hall–Kier alpha value is -2.54. The predicted molar refractivity (Wildman–Crippen MR) is 92.8 cm³/mol. The zero-order chi connectivity index (χ0) is 17.4. The molecule has 2 rings (SSSR count). The average Bonchev–Trinajstić information content (AvgIpc) is 2.61. The number of hydrazine groups is 1. The quantitative estimate of drug-likeness (QED) is 0.766. The van der Waals surface area contributed by atoms with Gasteiger partial charge < -0.3 is 9.47 Å². The first-order chi connectivity index (χ1) is 11.6. The normalized spacial score (nSPS) is 9.92. The van der Waals surface area contributed by atoms with Crippen molar-refractivity contribution >= 4 is 27.9 Å². The summed E-state index contributed by atoms with van der Waals surface area (Å²) in [5.74, 6) is 0.200. The lowest BCUT2D eigenvalue weighted by molar-refractivity contribution is 0.0910. The molecule has 0 aliphatic heterocycles. The maximum absolute atomic E-state index is 11.9. The molecule has 0 heterocycles. The van der Waals surface area contributed by atoms with Gasteiger partial charge in [-0.05, 0) is 35.9 Å². The molecule has 0 fully saturated rings. The first kappa shape index (κ1) is 17.8. The topological polar surface area (TPSA) is 76.7 Å². The second-order valence-electron chi connectivity index (χ2n) is 4.78. The highest BCUT2D eigenvalue weighted by Crippen LogP contribution is 2.16. The van der Waals surface area contributed by atoms with Crippen molar-refractivity contribution in [1.29, 1.82) is 0 Å². The molecule has 2 aromatic rings. The summed E-state index contributed by atoms with van der Waals surface area (Å²) in [6, 6.07) is 14.2. The number of halogens is 1. The van der Waals surface area contributed by atoms with E-state index in [1.165, 1.54) is 0 Å². The van der Waals surface area contributed by atoms with Crippen LogP contribution in [0.25, 0.3) is 0 Å². The number of carbonyl (C=O) groups excluding carboxylic acids is 2. The van der Waals surface area contributed by atoms with Gasteiger partial charge in [0.25, 0.3) is 5.91 Å². The molecule has 2 aromatic carbocycles. The number of nitrogens with one attached hydrogen (secondary N) is 2. The maximum Gasteiger partial charge on any atom is 0.426 e. The van der Waals surface area contributed by atoms with Gasteiger partial charge in [0.1, 0.15) is 5.75 Å². The molecule has 2 amide bonds. The largest absolute Gasteiger partial charge is 0.497 e. The number of hydrogen-bond donors (Lipinski definition) is 2. The number of ether oxygens (including phenoxy) is 2. The van der Waals surface area contributed by atoms with Crippen molar-refractivity contribution in [2.75, 3.05) is 13.7 Å². The molecule has 0 aromatic heterocycles. The van der Waals surface area contributed by atoms with Crippen molar-refractivity contribution in [3.05, 3.63) is 64.1 Å². The SMILES string of the molecule is COc1ccc(C(=O)NNC(=O)OCCc2ccccc2Br)cc1. The molecule has 0 saturated carbocycles. The van der Waals surface area contributed by atoms with E-state index in [2.05, 4.69) is 26.8 Å². The fraction of sp³-hybridized carbons (Fsp3) is 0.176. The molecule has 7 heteroatoms. The molecule has 6 nitrogen and oxygen atoms in total. The van der Waals surface area contributed by atoms with E-state index in [0.717, 1.165) is 10.0 Å². The van der Waals surface area contributed by atoms with E-state index in [9.17, 15) is 9.59 Å². The van der Waals surface area contributed by atoms with Crippen LogP contribution in [-0.2, 0) is 11.2 Å². The van der Waals surface area contributed by atoms with Crippen LogP contribution in [0.3, 0.4) is 0 Å². The lowest BCUT2D eigenvalue weighted by Crippen LogP contribution is -2.42. The first-order valence-corrected chi connectivity index (χ1v) is 8.00. The predicted octanol–water partition coefficient (Wildman–Crippen LogP) is 3.07. The molecule has 2 N–H and O–H groups in total. The molecule has 0 unspecified atom stereocenters. The second-order valence-corrected chi connectivity index (χ2v) is 5.64. The molecule has 126 valence electrons. The van der Waals surface area contributed by atoms with Crippen LogP contribution in [0.2, 0.25) is 0 Å². The molecule has 0 atom stereocenters. The van der Waals surface area contributed by atoms with Gasteiger partial charge in [0.05, 0.1) is 13.7 Å². The zero-order valence-corrected chi connectivity index (χ0v) is 14.6. The number of carbonyl (C=O) groups is 2. The van der Waals surface area contributed by atoms with Crippen molar-refractivity contribution in [3.8, 4) is 5.75 Å². The number of benzene rings is 2. The van der Waals surface area contributed by atoms with Gasteiger partial charge in [-0.25, -0.2) is 10.2 Å². The van der Waals surface area contributed by atoms with Gasteiger partial charge >= 0.3 is 6.09 Å². The van der Waals surface area contributed by atoms with E-state index in [0.29, 0.717) is 17.7 Å². The summed E-state index contributed by atoms with van der Waals surface area (Å²) < 4.78 is 11.0. The zero-order valence-electron chi connectivity index (χ0n) is 13.0. The number of rotatable bonds is 5. The molecular weight excluding hydrogens is 376 g/mol. The summed E-state index contributed by atoms with van der Waals surface area (Å²) in [7, 11) is 1.54. The summed E-state index contributed by atoms with van der Waals surface area (Å²) in [5.41, 5.74) is 5.92. The van der Waals surface area contributed by atoms with Crippen molar-refractivity contribution in [2.45, 2.75) is 6.42 Å². The number of methoxy groups -OCH3 is 1. The molecule has 0 bridgehead atoms. The van der Waals surface area contributed by atoms with Crippen LogP contribution in [-0.4, -0.2) is 25.7 Å². The van der Waals surface area contributed by atoms with E-state index >= 15 is 0 Å². The third-order valence-corrected chi connectivity index (χ3v) is 3.97. The van der Waals surface area contributed by atoms with E-state index in [-0.39, 0.29) is 6.61 Å². The van der Waals surface area contributed by atoms with E-state index in [4.69, 9.17) is 9.47 Å². The van der Waals surface area contributed by atoms with Crippen LogP contribution in [0.5, 0.6) is 5.75 Å². The molecular formula is C17H17BrN2O4. The number of hydrogen-bond acceptors (Lipinski definition) is 4. The summed E-state index contributed by atoms with van der Waals surface area (Å²) in [6.45, 7) is 0.201. The molecule has 0 aliphatic rings. The molecule has 24 heavy (non-hydrogen) atoms. The molecule has 0 saturated heterocycles. The van der Waals surface area contributed by atoms with Crippen molar-refractivity contribution < 1.29 is 19.1 Å². The summed E-state index contributed by atoms with van der Waals surface area (Å²) in [6.07, 6.45) is -0.148. The Bertz CT molecular complexity index is 704. The molecule has 0 aliphatic carbocycles. The lowest BCUT2D eigenvalue weighted by atomic mass is 10.2. The van der Waals surface area contributed by atoms with Crippen LogP contribution in [0, 0.1) is 0 Å². The van der Waals surface area contributed by atoms with Crippen LogP contribution in [0.15, 0.2) is 53.0 Å². The van der Waals surface area contributed by atoms with Gasteiger partial charge in [0.2, 0.25) is 0 Å². The summed E-state index contributed by atoms with van der Waals surface area (Å²) in [5, 5.41) is 0. The Morgan fingerprint density at radius 2 is 1.75 bits per heavy atom. The van der Waals surface area contributed by atoms with Crippen molar-refractivity contribution in [1.82, 2.24) is 10.9 Å². The van der Waals surface area contributed by atoms with Crippen molar-refractivity contribution in [2.24, 2.45) is 0 Å². The number of amides is 2. The average molecular weight is 393 g/mol. The van der Waals surface area contributed by atoms with Crippen LogP contribution < -0.4 is 15.6 Å². The molecule has 0 radical (unpaired) electrons. The van der Waals surface area contributed by atoms with Crippen LogP contribution in [0.1, 0.15) is 15.9 Å². The monoisotopic (exact) mass is 392 g/mol. The fourth-order valence-corrected chi connectivity index (χ4v) is 2.40. The standard InChI is InChI=1S/C17H17BrN2O4/c1-23-14-8-6-13(7-9-14)16(21)19-20-17(22)24-11-10-12-4-2-3-5-15(12)18/h2-9H,10-11H2,1H3,(H,19,21)(H,20,22). The van der Waals surface area contributed by atoms with E-state index in [1.807, 2.05) is 24.3 Å². The summed E-state index contributed by atoms with van der Waals surface area (Å²) >= 11 is 3.43. The van der Waals surface area contributed by atoms with Gasteiger partial charge in [-0.15, -0.1) is 0 Å². The molecule has 0 spiro atoms. The first-order valence-electron chi connectivity index (χ1n) is 7.20. The van der Waals surface area contributed by atoms with E-state index < -0.39 is 12.0 Å². The Morgan fingerprint density at radius 1 is 1.04 bits per heavy atom. The lowest BCUT2D eigenvalue weighted by Gasteiger charge is -2.09. The Balaban J connectivity index is 1.72. The van der Waals surface area contributed by atoms with Gasteiger partial charge in [0.15, 0.2) is 0 Å². The third-order valence-electron chi connectivity index (χ3n) is 3.19. The highest BCUT2D eigenvalue weighted by Gasteiger charge is 2.08. The van der Waals surface area contributed by atoms with Crippen LogP contribution >= 0.6 is 15.9 Å². The van der Waals surface area contributed by atoms with Gasteiger partial charge in [-0.1, -0.05) is 34.1 Å². The highest BCUT2D eigenvalue weighted by molar-refractivity contribution is 9.10. The van der Waals surface area contributed by atoms with Crippen molar-refractivity contribution in [3.63, 3.8) is 0 Å². The smallest absolute Gasteiger partial charge is 0.426 e. The van der Waals surface area contributed by atoms with E-state index in [1.54, 1.807) is 31.4 Å². The van der Waals surface area contributed by atoms with Gasteiger partial charge in [-0.3, -0.25) is 10.2 Å². The van der Waals surface area contributed by atoms with Gasteiger partial charge in [-0.2, -0.15) is 0 Å². The second kappa shape index (κ2) is 8.93. The van der Waals surface area contributed by atoms with Gasteiger partial charge in [0, 0.05) is 16.5 Å². The minimum absolute atomic E-state index is 0.201. The fourth-order valence-electron chi connectivity index (χ4n) is 1.91.